The predicted molar refractivity (Wildman–Crippen MR) is 101 cm³/mol. The van der Waals surface area contributed by atoms with Gasteiger partial charge in [-0.25, -0.2) is 4.79 Å². The van der Waals surface area contributed by atoms with Crippen LogP contribution in [-0.4, -0.2) is 18.5 Å². The molecule has 132 valence electrons. The third kappa shape index (κ3) is 5.36. The minimum Gasteiger partial charge on any atom is -0.452 e. The van der Waals surface area contributed by atoms with Crippen LogP contribution < -0.4 is 5.32 Å². The molecule has 0 heterocycles. The van der Waals surface area contributed by atoms with Gasteiger partial charge in [-0.3, -0.25) is 4.79 Å². The van der Waals surface area contributed by atoms with Gasteiger partial charge in [-0.15, -0.1) is 0 Å². The van der Waals surface area contributed by atoms with Gasteiger partial charge in [-0.05, 0) is 35.7 Å². The molecular formula is C18H16Cl3NO3. The number of hydrogen-bond donors (Lipinski definition) is 1. The lowest BCUT2D eigenvalue weighted by atomic mass is 10.0. The van der Waals surface area contributed by atoms with Crippen LogP contribution in [0.25, 0.3) is 0 Å². The van der Waals surface area contributed by atoms with Crippen molar-refractivity contribution in [1.29, 1.82) is 0 Å². The molecule has 1 N–H and O–H groups in total. The third-order valence-electron chi connectivity index (χ3n) is 3.43. The van der Waals surface area contributed by atoms with Crippen molar-refractivity contribution in [2.45, 2.75) is 19.8 Å². The summed E-state index contributed by atoms with van der Waals surface area (Å²) >= 11 is 17.7. The second kappa shape index (κ2) is 8.56. The Morgan fingerprint density at radius 3 is 2.20 bits per heavy atom. The quantitative estimate of drug-likeness (QED) is 0.527. The van der Waals surface area contributed by atoms with Crippen molar-refractivity contribution in [3.8, 4) is 0 Å². The summed E-state index contributed by atoms with van der Waals surface area (Å²) in [5.41, 5.74) is 1.78. The minimum atomic E-state index is -0.578. The molecule has 0 fully saturated rings. The monoisotopic (exact) mass is 399 g/mol. The lowest BCUT2D eigenvalue weighted by Gasteiger charge is -2.10. The maximum Gasteiger partial charge on any atom is 0.338 e. The molecule has 0 aliphatic heterocycles. The summed E-state index contributed by atoms with van der Waals surface area (Å²) in [5.74, 6) is -0.745. The summed E-state index contributed by atoms with van der Waals surface area (Å²) in [7, 11) is 0. The highest BCUT2D eigenvalue weighted by molar-refractivity contribution is 6.44. The molecular weight excluding hydrogens is 385 g/mol. The topological polar surface area (TPSA) is 55.4 Å². The molecule has 2 aromatic carbocycles. The normalized spacial score (nSPS) is 10.6. The van der Waals surface area contributed by atoms with E-state index in [0.717, 1.165) is 5.56 Å². The first-order valence-electron chi connectivity index (χ1n) is 7.49. The molecule has 2 aromatic rings. The summed E-state index contributed by atoms with van der Waals surface area (Å²) in [6, 6.07) is 9.91. The molecule has 0 unspecified atom stereocenters. The third-order valence-corrected chi connectivity index (χ3v) is 4.47. The molecule has 2 rings (SSSR count). The Morgan fingerprint density at radius 2 is 1.60 bits per heavy atom. The van der Waals surface area contributed by atoms with Gasteiger partial charge in [0.05, 0.1) is 26.3 Å². The van der Waals surface area contributed by atoms with E-state index >= 15 is 0 Å². The number of carbonyl (C=O) groups is 2. The van der Waals surface area contributed by atoms with Crippen LogP contribution in [0.4, 0.5) is 5.69 Å². The van der Waals surface area contributed by atoms with Crippen molar-refractivity contribution in [2.75, 3.05) is 11.9 Å². The molecule has 0 bridgehead atoms. The predicted octanol–water partition coefficient (Wildman–Crippen LogP) is 5.57. The van der Waals surface area contributed by atoms with E-state index in [4.69, 9.17) is 39.5 Å². The second-order valence-electron chi connectivity index (χ2n) is 5.65. The van der Waals surface area contributed by atoms with E-state index in [1.807, 2.05) is 12.1 Å². The first-order chi connectivity index (χ1) is 11.8. The molecule has 0 aliphatic carbocycles. The number of anilines is 1. The van der Waals surface area contributed by atoms with Crippen LogP contribution in [0.1, 0.15) is 35.7 Å². The minimum absolute atomic E-state index is 0.235. The molecule has 0 aromatic heterocycles. The molecule has 25 heavy (non-hydrogen) atoms. The Bertz CT molecular complexity index is 789. The molecule has 1 amide bonds. The number of rotatable bonds is 5. The Morgan fingerprint density at radius 1 is 1.00 bits per heavy atom. The lowest BCUT2D eigenvalue weighted by molar-refractivity contribution is -0.119. The number of esters is 1. The zero-order valence-electron chi connectivity index (χ0n) is 13.6. The summed E-state index contributed by atoms with van der Waals surface area (Å²) in [6.45, 7) is 3.68. The zero-order chi connectivity index (χ0) is 18.6. The molecule has 7 heteroatoms. The number of nitrogens with one attached hydrogen (secondary N) is 1. The van der Waals surface area contributed by atoms with Gasteiger partial charge < -0.3 is 10.1 Å². The van der Waals surface area contributed by atoms with Crippen molar-refractivity contribution in [2.24, 2.45) is 0 Å². The van der Waals surface area contributed by atoms with E-state index in [0.29, 0.717) is 17.2 Å². The smallest absolute Gasteiger partial charge is 0.338 e. The highest BCUT2D eigenvalue weighted by atomic mass is 35.5. The SMILES string of the molecule is CC(C)c1ccc(C(=O)OCC(=O)Nc2cc(Cl)c(Cl)cc2Cl)cc1. The van der Waals surface area contributed by atoms with E-state index in [2.05, 4.69) is 19.2 Å². The average Bonchev–Trinajstić information content (AvgIpc) is 2.57. The van der Waals surface area contributed by atoms with Crippen molar-refractivity contribution in [3.63, 3.8) is 0 Å². The number of halogens is 3. The van der Waals surface area contributed by atoms with Gasteiger partial charge in [0.25, 0.3) is 5.91 Å². The van der Waals surface area contributed by atoms with E-state index < -0.39 is 18.5 Å². The molecule has 0 radical (unpaired) electrons. The van der Waals surface area contributed by atoms with Gasteiger partial charge in [-0.2, -0.15) is 0 Å². The Hall–Kier alpha value is -1.75. The van der Waals surface area contributed by atoms with Crippen LogP contribution in [0.5, 0.6) is 0 Å². The Labute approximate surface area is 161 Å². The van der Waals surface area contributed by atoms with E-state index in [-0.39, 0.29) is 15.1 Å². The van der Waals surface area contributed by atoms with Gasteiger partial charge in [-0.1, -0.05) is 60.8 Å². The highest BCUT2D eigenvalue weighted by Crippen LogP contribution is 2.32. The van der Waals surface area contributed by atoms with Crippen molar-refractivity contribution in [3.05, 3.63) is 62.6 Å². The van der Waals surface area contributed by atoms with E-state index in [1.54, 1.807) is 12.1 Å². The summed E-state index contributed by atoms with van der Waals surface area (Å²) in [4.78, 5) is 23.9. The summed E-state index contributed by atoms with van der Waals surface area (Å²) in [5, 5.41) is 3.28. The maximum atomic E-state index is 12.0. The molecule has 0 saturated heterocycles. The van der Waals surface area contributed by atoms with Crippen LogP contribution in [0.15, 0.2) is 36.4 Å². The fourth-order valence-electron chi connectivity index (χ4n) is 2.02. The number of ether oxygens (including phenoxy) is 1. The number of amides is 1. The molecule has 0 atom stereocenters. The van der Waals surface area contributed by atoms with Crippen LogP contribution in [0.3, 0.4) is 0 Å². The van der Waals surface area contributed by atoms with Gasteiger partial charge >= 0.3 is 5.97 Å². The summed E-state index contributed by atoms with van der Waals surface area (Å²) < 4.78 is 5.00. The van der Waals surface area contributed by atoms with Gasteiger partial charge in [0.15, 0.2) is 6.61 Å². The van der Waals surface area contributed by atoms with Gasteiger partial charge in [0.2, 0.25) is 0 Å². The van der Waals surface area contributed by atoms with Crippen LogP contribution in [-0.2, 0) is 9.53 Å². The first kappa shape index (κ1) is 19.6. The fourth-order valence-corrected chi connectivity index (χ4v) is 2.62. The van der Waals surface area contributed by atoms with Crippen LogP contribution >= 0.6 is 34.8 Å². The Balaban J connectivity index is 1.93. The van der Waals surface area contributed by atoms with Gasteiger partial charge in [0.1, 0.15) is 0 Å². The van der Waals surface area contributed by atoms with Crippen LogP contribution in [0, 0.1) is 0 Å². The molecule has 4 nitrogen and oxygen atoms in total. The van der Waals surface area contributed by atoms with E-state index in [1.165, 1.54) is 12.1 Å². The molecule has 0 spiro atoms. The van der Waals surface area contributed by atoms with Crippen molar-refractivity contribution in [1.82, 2.24) is 0 Å². The highest BCUT2D eigenvalue weighted by Gasteiger charge is 2.13. The second-order valence-corrected chi connectivity index (χ2v) is 6.87. The molecule has 0 saturated carbocycles. The number of carbonyl (C=O) groups excluding carboxylic acids is 2. The fraction of sp³-hybridized carbons (Fsp3) is 0.222. The number of benzene rings is 2. The first-order valence-corrected chi connectivity index (χ1v) is 8.62. The Kier molecular flexibility index (Phi) is 6.71. The standard InChI is InChI=1S/C18H16Cl3NO3/c1-10(2)11-3-5-12(6-4-11)18(24)25-9-17(23)22-16-8-14(20)13(19)7-15(16)21/h3-8,10H,9H2,1-2H3,(H,22,23). The van der Waals surface area contributed by atoms with E-state index in [9.17, 15) is 9.59 Å². The lowest BCUT2D eigenvalue weighted by Crippen LogP contribution is -2.21. The largest absolute Gasteiger partial charge is 0.452 e. The van der Waals surface area contributed by atoms with Gasteiger partial charge in [0, 0.05) is 0 Å². The average molecular weight is 401 g/mol. The molecule has 0 aliphatic rings. The number of hydrogen-bond acceptors (Lipinski definition) is 3. The maximum absolute atomic E-state index is 12.0. The van der Waals surface area contributed by atoms with Crippen LogP contribution in [0.2, 0.25) is 15.1 Å². The van der Waals surface area contributed by atoms with Crippen molar-refractivity contribution < 1.29 is 14.3 Å². The zero-order valence-corrected chi connectivity index (χ0v) is 15.9. The summed E-state index contributed by atoms with van der Waals surface area (Å²) in [6.07, 6.45) is 0. The van der Waals surface area contributed by atoms with Crippen molar-refractivity contribution >= 4 is 52.4 Å².